The zero-order valence-electron chi connectivity index (χ0n) is 15.6. The van der Waals surface area contributed by atoms with E-state index in [9.17, 15) is 9.90 Å². The average molecular weight is 374 g/mol. The second-order valence-electron chi connectivity index (χ2n) is 7.67. The summed E-state index contributed by atoms with van der Waals surface area (Å²) in [5.41, 5.74) is 7.52. The first-order chi connectivity index (χ1) is 13.2. The Hall–Kier alpha value is -1.71. The number of benzene rings is 1. The molecule has 8 nitrogen and oxygen atoms in total. The molecule has 3 aliphatic heterocycles. The minimum atomic E-state index is -0.229. The highest BCUT2D eigenvalue weighted by atomic mass is 16.3. The molecule has 148 valence electrons. The molecule has 0 radical (unpaired) electrons. The van der Waals surface area contributed by atoms with Gasteiger partial charge in [-0.3, -0.25) is 25.8 Å². The first-order valence-electron chi connectivity index (χ1n) is 10.00. The molecule has 0 bridgehead atoms. The Labute approximate surface area is 160 Å². The third-order valence-electron chi connectivity index (χ3n) is 5.78. The lowest BCUT2D eigenvalue weighted by atomic mass is 9.91. The smallest absolute Gasteiger partial charge is 0.242 e. The van der Waals surface area contributed by atoms with Gasteiger partial charge in [-0.25, -0.2) is 5.43 Å². The van der Waals surface area contributed by atoms with Gasteiger partial charge >= 0.3 is 0 Å². The Morgan fingerprint density at radius 1 is 1.15 bits per heavy atom. The normalized spacial score (nSPS) is 32.3. The number of hydrogen-bond donors (Lipinski definition) is 6. The second-order valence-corrected chi connectivity index (χ2v) is 7.67. The number of hydrazine groups is 1. The van der Waals surface area contributed by atoms with Crippen LogP contribution in [0.4, 0.5) is 5.69 Å². The lowest BCUT2D eigenvalue weighted by Crippen LogP contribution is -2.76. The molecule has 3 heterocycles. The van der Waals surface area contributed by atoms with Crippen molar-refractivity contribution in [1.29, 1.82) is 0 Å². The molecule has 0 saturated carbocycles. The van der Waals surface area contributed by atoms with Gasteiger partial charge in [0.25, 0.3) is 0 Å². The van der Waals surface area contributed by atoms with Crippen molar-refractivity contribution in [2.75, 3.05) is 25.0 Å². The topological polar surface area (TPSA) is 101 Å². The fourth-order valence-electron chi connectivity index (χ4n) is 4.35. The molecule has 0 aromatic heterocycles. The zero-order chi connectivity index (χ0) is 18.6. The first kappa shape index (κ1) is 18.6. The van der Waals surface area contributed by atoms with Crippen molar-refractivity contribution >= 4 is 11.6 Å². The Morgan fingerprint density at radius 2 is 1.96 bits per heavy atom. The highest BCUT2D eigenvalue weighted by Gasteiger charge is 2.44. The van der Waals surface area contributed by atoms with Gasteiger partial charge in [0.2, 0.25) is 5.91 Å². The number of anilines is 1. The maximum Gasteiger partial charge on any atom is 0.242 e. The van der Waals surface area contributed by atoms with Crippen LogP contribution in [0.3, 0.4) is 0 Å². The van der Waals surface area contributed by atoms with Crippen LogP contribution >= 0.6 is 0 Å². The minimum Gasteiger partial charge on any atom is -0.392 e. The number of aliphatic hydroxyl groups is 1. The van der Waals surface area contributed by atoms with Crippen LogP contribution in [0.5, 0.6) is 0 Å². The summed E-state index contributed by atoms with van der Waals surface area (Å²) in [4.78, 5) is 15.0. The largest absolute Gasteiger partial charge is 0.392 e. The fraction of sp³-hybridized carbons (Fsp3) is 0.632. The molecule has 1 aromatic rings. The Balaban J connectivity index is 1.54. The van der Waals surface area contributed by atoms with E-state index in [0.717, 1.165) is 24.3 Å². The van der Waals surface area contributed by atoms with E-state index in [4.69, 9.17) is 0 Å². The van der Waals surface area contributed by atoms with Gasteiger partial charge in [-0.15, -0.1) is 0 Å². The second kappa shape index (κ2) is 8.53. The summed E-state index contributed by atoms with van der Waals surface area (Å²) < 4.78 is 0. The molecule has 4 atom stereocenters. The van der Waals surface area contributed by atoms with Gasteiger partial charge in [-0.1, -0.05) is 25.0 Å². The molecule has 27 heavy (non-hydrogen) atoms. The maximum absolute atomic E-state index is 12.5. The molecule has 1 aromatic carbocycles. The van der Waals surface area contributed by atoms with Crippen LogP contribution in [0.1, 0.15) is 31.2 Å². The molecule has 3 saturated heterocycles. The van der Waals surface area contributed by atoms with Gasteiger partial charge in [0.15, 0.2) is 0 Å². The van der Waals surface area contributed by atoms with Crippen LogP contribution in [-0.4, -0.2) is 54.0 Å². The van der Waals surface area contributed by atoms with Crippen LogP contribution in [-0.2, 0) is 11.4 Å². The predicted octanol–water partition coefficient (Wildman–Crippen LogP) is -0.111. The Kier molecular flexibility index (Phi) is 5.89. The molecule has 3 aliphatic rings. The number of carbonyl (C=O) groups is 1. The van der Waals surface area contributed by atoms with Gasteiger partial charge in [0.05, 0.1) is 18.7 Å². The van der Waals surface area contributed by atoms with Gasteiger partial charge in [0, 0.05) is 31.4 Å². The third kappa shape index (κ3) is 4.25. The summed E-state index contributed by atoms with van der Waals surface area (Å²) >= 11 is 0. The number of likely N-dealkylation sites (tertiary alicyclic amines) is 1. The van der Waals surface area contributed by atoms with Crippen molar-refractivity contribution in [3.63, 3.8) is 0 Å². The molecular formula is C19H30N6O2. The zero-order valence-corrected chi connectivity index (χ0v) is 15.6. The number of aliphatic hydroxyl groups excluding tert-OH is 1. The lowest BCUT2D eigenvalue weighted by molar-refractivity contribution is -0.132. The molecule has 1 amide bonds. The van der Waals surface area contributed by atoms with Crippen molar-refractivity contribution < 1.29 is 9.90 Å². The molecule has 3 fully saturated rings. The monoisotopic (exact) mass is 374 g/mol. The van der Waals surface area contributed by atoms with E-state index >= 15 is 0 Å². The summed E-state index contributed by atoms with van der Waals surface area (Å²) in [5, 5.41) is 20.1. The third-order valence-corrected chi connectivity index (χ3v) is 5.78. The fourth-order valence-corrected chi connectivity index (χ4v) is 4.35. The van der Waals surface area contributed by atoms with Gasteiger partial charge in [-0.05, 0) is 30.5 Å². The SMILES string of the molecule is O=C1NNCC2NC(N3CCCCCC3)NC(Nc3cccc(CO)c3)C12. The number of fused-ring (bicyclic) bond motifs is 1. The van der Waals surface area contributed by atoms with Crippen molar-refractivity contribution in [2.45, 2.75) is 50.8 Å². The van der Waals surface area contributed by atoms with Gasteiger partial charge in [-0.2, -0.15) is 0 Å². The molecule has 0 aliphatic carbocycles. The summed E-state index contributed by atoms with van der Waals surface area (Å²) in [6.45, 7) is 2.82. The van der Waals surface area contributed by atoms with E-state index in [1.54, 1.807) is 0 Å². The maximum atomic E-state index is 12.5. The Bertz CT molecular complexity index is 649. The summed E-state index contributed by atoms with van der Waals surface area (Å²) in [6, 6.07) is 7.76. The van der Waals surface area contributed by atoms with Crippen LogP contribution < -0.4 is 26.8 Å². The number of amides is 1. The minimum absolute atomic E-state index is 0.00202. The van der Waals surface area contributed by atoms with Crippen molar-refractivity contribution in [2.24, 2.45) is 5.92 Å². The van der Waals surface area contributed by atoms with E-state index in [1.165, 1.54) is 25.7 Å². The molecule has 6 N–H and O–H groups in total. The molecule has 4 unspecified atom stereocenters. The van der Waals surface area contributed by atoms with E-state index in [0.29, 0.717) is 6.54 Å². The van der Waals surface area contributed by atoms with Crippen molar-refractivity contribution in [3.05, 3.63) is 29.8 Å². The lowest BCUT2D eigenvalue weighted by Gasteiger charge is -2.48. The van der Waals surface area contributed by atoms with E-state index in [2.05, 4.69) is 31.7 Å². The summed E-state index contributed by atoms with van der Waals surface area (Å²) in [6.07, 6.45) is 4.84. The van der Waals surface area contributed by atoms with E-state index < -0.39 is 0 Å². The van der Waals surface area contributed by atoms with Crippen LogP contribution in [0.2, 0.25) is 0 Å². The summed E-state index contributed by atoms with van der Waals surface area (Å²) in [5.74, 6) is -0.247. The molecule has 8 heteroatoms. The highest BCUT2D eigenvalue weighted by molar-refractivity contribution is 5.81. The molecule has 0 spiro atoms. The van der Waals surface area contributed by atoms with Crippen molar-refractivity contribution in [3.8, 4) is 0 Å². The van der Waals surface area contributed by atoms with Crippen LogP contribution in [0.15, 0.2) is 24.3 Å². The van der Waals surface area contributed by atoms with E-state index in [1.807, 2.05) is 24.3 Å². The standard InChI is InChI=1S/C19H30N6O2/c26-12-13-6-5-7-14(10-13)21-17-16-15(11-20-24-18(16)27)22-19(23-17)25-8-3-1-2-4-9-25/h5-7,10,15-17,19-23,26H,1-4,8-9,11-12H2,(H,24,27). The number of nitrogens with one attached hydrogen (secondary N) is 5. The van der Waals surface area contributed by atoms with Crippen molar-refractivity contribution in [1.82, 2.24) is 26.4 Å². The highest BCUT2D eigenvalue weighted by Crippen LogP contribution is 2.23. The predicted molar refractivity (Wildman–Crippen MR) is 103 cm³/mol. The molecule has 4 rings (SSSR count). The average Bonchev–Trinajstić information content (AvgIpc) is 2.97. The number of hydrogen-bond acceptors (Lipinski definition) is 7. The van der Waals surface area contributed by atoms with Gasteiger partial charge < -0.3 is 10.4 Å². The van der Waals surface area contributed by atoms with Gasteiger partial charge in [0.1, 0.15) is 6.29 Å². The number of carbonyl (C=O) groups excluding carboxylic acids is 1. The Morgan fingerprint density at radius 3 is 2.74 bits per heavy atom. The number of nitrogens with zero attached hydrogens (tertiary/aromatic N) is 1. The number of rotatable bonds is 4. The first-order valence-corrected chi connectivity index (χ1v) is 10.00. The van der Waals surface area contributed by atoms with E-state index in [-0.39, 0.29) is 36.9 Å². The van der Waals surface area contributed by atoms with Crippen LogP contribution in [0.25, 0.3) is 0 Å². The van der Waals surface area contributed by atoms with Crippen LogP contribution in [0, 0.1) is 5.92 Å². The molecular weight excluding hydrogens is 344 g/mol. The quantitative estimate of drug-likeness (QED) is 0.437. The summed E-state index contributed by atoms with van der Waals surface area (Å²) in [7, 11) is 0.